The third-order valence-electron chi connectivity index (χ3n) is 3.23. The van der Waals surface area contributed by atoms with Gasteiger partial charge in [0, 0.05) is 24.4 Å². The maximum Gasteiger partial charge on any atom is 0.269 e. The molecule has 0 unspecified atom stereocenters. The number of aryl methyl sites for hydroxylation is 2. The first-order chi connectivity index (χ1) is 10.1. The molecule has 1 N–H and O–H groups in total. The van der Waals surface area contributed by atoms with Gasteiger partial charge in [0.1, 0.15) is 5.82 Å². The average molecular weight is 285 g/mol. The molecule has 1 aromatic heterocycles. The fraction of sp³-hybridized carbons (Fsp3) is 0.312. The third-order valence-corrected chi connectivity index (χ3v) is 3.23. The Kier molecular flexibility index (Phi) is 5.26. The zero-order chi connectivity index (χ0) is 15.1. The zero-order valence-electron chi connectivity index (χ0n) is 12.1. The van der Waals surface area contributed by atoms with Crippen LogP contribution < -0.4 is 5.32 Å². The molecule has 1 aromatic carbocycles. The molecule has 0 saturated carbocycles. The fourth-order valence-corrected chi connectivity index (χ4v) is 2.10. The molecular weight excluding hydrogens is 266 g/mol. The summed E-state index contributed by atoms with van der Waals surface area (Å²) in [6, 6.07) is 12.7. The quantitative estimate of drug-likeness (QED) is 0.478. The third kappa shape index (κ3) is 4.87. The van der Waals surface area contributed by atoms with Crippen molar-refractivity contribution in [1.82, 2.24) is 4.98 Å². The summed E-state index contributed by atoms with van der Waals surface area (Å²) in [5.74, 6) is 0.908. The number of aromatic nitrogens is 1. The maximum atomic E-state index is 10.6. The van der Waals surface area contributed by atoms with Crippen molar-refractivity contribution in [1.29, 1.82) is 0 Å². The number of hydrogen-bond acceptors (Lipinski definition) is 4. The van der Waals surface area contributed by atoms with Gasteiger partial charge in [0.15, 0.2) is 0 Å². The minimum Gasteiger partial charge on any atom is -0.370 e. The highest BCUT2D eigenvalue weighted by Gasteiger charge is 2.03. The zero-order valence-corrected chi connectivity index (χ0v) is 12.1. The number of nitrogens with zero attached hydrogens (tertiary/aromatic N) is 2. The molecule has 21 heavy (non-hydrogen) atoms. The smallest absolute Gasteiger partial charge is 0.269 e. The second-order valence-electron chi connectivity index (χ2n) is 4.97. The number of nitro benzene ring substituents is 1. The van der Waals surface area contributed by atoms with E-state index in [-0.39, 0.29) is 10.6 Å². The van der Waals surface area contributed by atoms with Crippen LogP contribution in [0.2, 0.25) is 0 Å². The van der Waals surface area contributed by atoms with E-state index in [2.05, 4.69) is 10.3 Å². The molecule has 0 atom stereocenters. The van der Waals surface area contributed by atoms with Crippen LogP contribution in [0.3, 0.4) is 0 Å². The minimum absolute atomic E-state index is 0.144. The molecule has 1 heterocycles. The van der Waals surface area contributed by atoms with E-state index in [9.17, 15) is 10.1 Å². The Morgan fingerprint density at radius 1 is 1.14 bits per heavy atom. The number of pyridine rings is 1. The second kappa shape index (κ2) is 7.38. The predicted octanol–water partition coefficient (Wildman–Crippen LogP) is 3.73. The molecule has 0 bridgehead atoms. The van der Waals surface area contributed by atoms with Gasteiger partial charge in [-0.3, -0.25) is 10.1 Å². The summed E-state index contributed by atoms with van der Waals surface area (Å²) in [5, 5.41) is 13.9. The molecule has 0 aliphatic rings. The van der Waals surface area contributed by atoms with Crippen molar-refractivity contribution >= 4 is 11.5 Å². The highest BCUT2D eigenvalue weighted by Crippen LogP contribution is 2.13. The van der Waals surface area contributed by atoms with Gasteiger partial charge in [0.05, 0.1) is 4.92 Å². The number of nitrogens with one attached hydrogen (secondary N) is 1. The summed E-state index contributed by atoms with van der Waals surface area (Å²) < 4.78 is 0. The number of anilines is 1. The molecule has 0 aliphatic heterocycles. The lowest BCUT2D eigenvalue weighted by Gasteiger charge is -2.06. The van der Waals surface area contributed by atoms with Crippen LogP contribution in [0.1, 0.15) is 24.1 Å². The molecule has 0 aliphatic carbocycles. The molecule has 0 fully saturated rings. The average Bonchev–Trinajstić information content (AvgIpc) is 2.47. The highest BCUT2D eigenvalue weighted by molar-refractivity contribution is 5.35. The lowest BCUT2D eigenvalue weighted by Crippen LogP contribution is -2.04. The van der Waals surface area contributed by atoms with E-state index in [0.717, 1.165) is 42.9 Å². The molecule has 110 valence electrons. The topological polar surface area (TPSA) is 68.1 Å². The van der Waals surface area contributed by atoms with Gasteiger partial charge >= 0.3 is 0 Å². The minimum atomic E-state index is -0.372. The lowest BCUT2D eigenvalue weighted by molar-refractivity contribution is -0.384. The molecule has 0 spiro atoms. The van der Waals surface area contributed by atoms with Gasteiger partial charge in [0.25, 0.3) is 5.69 Å². The Bertz CT molecular complexity index is 597. The summed E-state index contributed by atoms with van der Waals surface area (Å²) in [6.07, 6.45) is 3.00. The predicted molar refractivity (Wildman–Crippen MR) is 83.5 cm³/mol. The SMILES string of the molecule is Cc1cccc(NCCCCc2ccc([N+](=O)[O-])cc2)n1. The summed E-state index contributed by atoms with van der Waals surface area (Å²) in [6.45, 7) is 2.85. The van der Waals surface area contributed by atoms with Crippen LogP contribution in [0.5, 0.6) is 0 Å². The van der Waals surface area contributed by atoms with E-state index in [1.807, 2.05) is 37.3 Å². The van der Waals surface area contributed by atoms with Crippen LogP contribution >= 0.6 is 0 Å². The van der Waals surface area contributed by atoms with Crippen molar-refractivity contribution in [3.63, 3.8) is 0 Å². The number of non-ortho nitro benzene ring substituents is 1. The van der Waals surface area contributed by atoms with Crippen molar-refractivity contribution in [3.8, 4) is 0 Å². The van der Waals surface area contributed by atoms with Crippen molar-refractivity contribution in [2.75, 3.05) is 11.9 Å². The van der Waals surface area contributed by atoms with Crippen molar-refractivity contribution in [2.24, 2.45) is 0 Å². The van der Waals surface area contributed by atoms with Gasteiger partial charge < -0.3 is 5.32 Å². The Balaban J connectivity index is 1.69. The first-order valence-electron chi connectivity index (χ1n) is 7.06. The summed E-state index contributed by atoms with van der Waals surface area (Å²) >= 11 is 0. The van der Waals surface area contributed by atoms with Crippen molar-refractivity contribution < 1.29 is 4.92 Å². The van der Waals surface area contributed by atoms with Crippen molar-refractivity contribution in [3.05, 3.63) is 63.8 Å². The van der Waals surface area contributed by atoms with Crippen LogP contribution in [0.15, 0.2) is 42.5 Å². The van der Waals surface area contributed by atoms with Gasteiger partial charge in [-0.05, 0) is 43.9 Å². The Morgan fingerprint density at radius 3 is 2.57 bits per heavy atom. The first-order valence-corrected chi connectivity index (χ1v) is 7.06. The monoisotopic (exact) mass is 285 g/mol. The van der Waals surface area contributed by atoms with E-state index in [1.165, 1.54) is 0 Å². The summed E-state index contributed by atoms with van der Waals surface area (Å²) in [5.41, 5.74) is 2.28. The Labute approximate surface area is 124 Å². The molecule has 0 radical (unpaired) electrons. The number of benzene rings is 1. The van der Waals surface area contributed by atoms with Gasteiger partial charge in [-0.2, -0.15) is 0 Å². The van der Waals surface area contributed by atoms with Gasteiger partial charge in [0.2, 0.25) is 0 Å². The molecule has 0 saturated heterocycles. The number of rotatable bonds is 7. The molecular formula is C16H19N3O2. The standard InChI is InChI=1S/C16H19N3O2/c1-13-5-4-7-16(18-13)17-12-3-2-6-14-8-10-15(11-9-14)19(20)21/h4-5,7-11H,2-3,6,12H2,1H3,(H,17,18). The Morgan fingerprint density at radius 2 is 1.90 bits per heavy atom. The van der Waals surface area contributed by atoms with Crippen LogP contribution in [0, 0.1) is 17.0 Å². The largest absolute Gasteiger partial charge is 0.370 e. The number of unbranched alkanes of at least 4 members (excludes halogenated alkanes) is 1. The fourth-order valence-electron chi connectivity index (χ4n) is 2.10. The molecule has 5 nitrogen and oxygen atoms in total. The van der Waals surface area contributed by atoms with E-state index in [1.54, 1.807) is 12.1 Å². The molecule has 2 aromatic rings. The van der Waals surface area contributed by atoms with E-state index in [4.69, 9.17) is 0 Å². The van der Waals surface area contributed by atoms with Crippen molar-refractivity contribution in [2.45, 2.75) is 26.2 Å². The second-order valence-corrected chi connectivity index (χ2v) is 4.97. The van der Waals surface area contributed by atoms with E-state index < -0.39 is 0 Å². The van der Waals surface area contributed by atoms with Crippen LogP contribution in [0.4, 0.5) is 11.5 Å². The van der Waals surface area contributed by atoms with Crippen LogP contribution in [-0.2, 0) is 6.42 Å². The summed E-state index contributed by atoms with van der Waals surface area (Å²) in [4.78, 5) is 14.6. The number of nitro groups is 1. The molecule has 2 rings (SSSR count). The lowest BCUT2D eigenvalue weighted by atomic mass is 10.1. The van der Waals surface area contributed by atoms with E-state index >= 15 is 0 Å². The van der Waals surface area contributed by atoms with E-state index in [0.29, 0.717) is 0 Å². The number of hydrogen-bond donors (Lipinski definition) is 1. The van der Waals surface area contributed by atoms with Gasteiger partial charge in [-0.25, -0.2) is 4.98 Å². The van der Waals surface area contributed by atoms with Gasteiger partial charge in [-0.1, -0.05) is 18.2 Å². The summed E-state index contributed by atoms with van der Waals surface area (Å²) in [7, 11) is 0. The molecule has 5 heteroatoms. The Hall–Kier alpha value is -2.43. The van der Waals surface area contributed by atoms with Crippen LogP contribution in [-0.4, -0.2) is 16.5 Å². The normalized spacial score (nSPS) is 10.3. The van der Waals surface area contributed by atoms with Crippen LogP contribution in [0.25, 0.3) is 0 Å². The molecule has 0 amide bonds. The first kappa shape index (κ1) is 15.0. The maximum absolute atomic E-state index is 10.6. The van der Waals surface area contributed by atoms with Gasteiger partial charge in [-0.15, -0.1) is 0 Å². The highest BCUT2D eigenvalue weighted by atomic mass is 16.6.